The summed E-state index contributed by atoms with van der Waals surface area (Å²) in [5.74, 6) is 0.943. The molecule has 1 aliphatic rings. The number of piperidine rings is 1. The molecule has 0 atom stereocenters. The number of nitrogens with zero attached hydrogens (tertiary/aromatic N) is 3. The van der Waals surface area contributed by atoms with Crippen molar-refractivity contribution in [2.24, 2.45) is 5.92 Å². The summed E-state index contributed by atoms with van der Waals surface area (Å²) in [7, 11) is 0. The van der Waals surface area contributed by atoms with Gasteiger partial charge < -0.3 is 4.57 Å². The Morgan fingerprint density at radius 3 is 2.67 bits per heavy atom. The predicted octanol–water partition coefficient (Wildman–Crippen LogP) is 4.28. The fourth-order valence-electron chi connectivity index (χ4n) is 3.78. The molecule has 0 bridgehead atoms. The summed E-state index contributed by atoms with van der Waals surface area (Å²) in [6.45, 7) is 3.73. The van der Waals surface area contributed by atoms with E-state index in [0.29, 0.717) is 5.82 Å². The Morgan fingerprint density at radius 2 is 1.93 bits per heavy atom. The third-order valence-corrected chi connectivity index (χ3v) is 6.26. The quantitative estimate of drug-likeness (QED) is 0.575. The second kappa shape index (κ2) is 8.63. The minimum absolute atomic E-state index is 0.0971. The number of thiophene rings is 1. The molecule has 140 valence electrons. The van der Waals surface area contributed by atoms with Gasteiger partial charge in [-0.2, -0.15) is 0 Å². The van der Waals surface area contributed by atoms with Crippen LogP contribution in [0.2, 0.25) is 0 Å². The van der Waals surface area contributed by atoms with Gasteiger partial charge in [-0.1, -0.05) is 36.4 Å². The van der Waals surface area contributed by atoms with Gasteiger partial charge in [-0.05, 0) is 49.4 Å². The molecule has 0 amide bonds. The lowest BCUT2D eigenvalue weighted by atomic mass is 9.91. The van der Waals surface area contributed by atoms with Crippen LogP contribution in [-0.2, 0) is 19.5 Å². The molecule has 0 unspecified atom stereocenters. The number of benzene rings is 1. The Bertz CT molecular complexity index is 849. The van der Waals surface area contributed by atoms with E-state index < -0.39 is 0 Å². The lowest BCUT2D eigenvalue weighted by Gasteiger charge is -2.31. The van der Waals surface area contributed by atoms with Gasteiger partial charge in [0.25, 0.3) is 0 Å². The lowest BCUT2D eigenvalue weighted by molar-refractivity contribution is 0.0819. The molecule has 4 nitrogen and oxygen atoms in total. The number of hydrogen-bond donors (Lipinski definition) is 0. The molecule has 1 saturated heterocycles. The number of aromatic nitrogens is 2. The number of aryl methyl sites for hydroxylation is 2. The number of likely N-dealkylation sites (tertiary alicyclic amines) is 1. The van der Waals surface area contributed by atoms with Crippen molar-refractivity contribution in [1.29, 1.82) is 0 Å². The minimum Gasteiger partial charge on any atom is -0.328 e. The molecule has 0 saturated carbocycles. The van der Waals surface area contributed by atoms with E-state index in [1.165, 1.54) is 10.4 Å². The van der Waals surface area contributed by atoms with Gasteiger partial charge in [0.05, 0.1) is 0 Å². The largest absolute Gasteiger partial charge is 0.328 e. The van der Waals surface area contributed by atoms with Crippen LogP contribution in [0.5, 0.6) is 0 Å². The molecule has 3 aromatic rings. The average molecular weight is 380 g/mol. The number of hydrogen-bond acceptors (Lipinski definition) is 4. The molecule has 2 aromatic heterocycles. The van der Waals surface area contributed by atoms with Crippen molar-refractivity contribution < 1.29 is 4.79 Å². The zero-order valence-corrected chi connectivity index (χ0v) is 16.3. The highest BCUT2D eigenvalue weighted by Gasteiger charge is 2.28. The van der Waals surface area contributed by atoms with Crippen LogP contribution >= 0.6 is 11.3 Å². The molecule has 3 heterocycles. The van der Waals surface area contributed by atoms with Crippen LogP contribution in [0.1, 0.15) is 33.9 Å². The number of carbonyl (C=O) groups excluding carboxylic acids is 1. The second-order valence-electron chi connectivity index (χ2n) is 7.17. The van der Waals surface area contributed by atoms with Crippen LogP contribution in [-0.4, -0.2) is 33.3 Å². The summed E-state index contributed by atoms with van der Waals surface area (Å²) >= 11 is 1.76. The van der Waals surface area contributed by atoms with Gasteiger partial charge in [0.15, 0.2) is 5.82 Å². The van der Waals surface area contributed by atoms with Crippen LogP contribution < -0.4 is 0 Å². The summed E-state index contributed by atoms with van der Waals surface area (Å²) in [6.07, 6.45) is 6.48. The van der Waals surface area contributed by atoms with Crippen molar-refractivity contribution >= 4 is 17.1 Å². The highest BCUT2D eigenvalue weighted by molar-refractivity contribution is 7.09. The second-order valence-corrected chi connectivity index (χ2v) is 8.21. The number of Topliss-reactive ketones (excluding diaryl/α,β-unsaturated/α-hetero) is 1. The average Bonchev–Trinajstić information content (AvgIpc) is 3.39. The molecule has 0 aliphatic carbocycles. The third kappa shape index (κ3) is 4.54. The molecule has 1 aromatic carbocycles. The van der Waals surface area contributed by atoms with Crippen LogP contribution in [0, 0.1) is 5.92 Å². The first-order valence-corrected chi connectivity index (χ1v) is 10.5. The number of carbonyl (C=O) groups is 1. The first kappa shape index (κ1) is 18.1. The third-order valence-electron chi connectivity index (χ3n) is 5.32. The van der Waals surface area contributed by atoms with Gasteiger partial charge in [0, 0.05) is 36.3 Å². The Morgan fingerprint density at radius 1 is 1.11 bits per heavy atom. The molecule has 0 N–H and O–H groups in total. The van der Waals surface area contributed by atoms with Crippen LogP contribution in [0.25, 0.3) is 0 Å². The Kier molecular flexibility index (Phi) is 5.80. The molecular formula is C22H25N3OS. The monoisotopic (exact) mass is 379 g/mol. The maximum atomic E-state index is 13.0. The zero-order chi connectivity index (χ0) is 18.5. The highest BCUT2D eigenvalue weighted by Crippen LogP contribution is 2.23. The molecule has 27 heavy (non-hydrogen) atoms. The van der Waals surface area contributed by atoms with Crippen molar-refractivity contribution in [1.82, 2.24) is 14.5 Å². The van der Waals surface area contributed by atoms with Crippen molar-refractivity contribution in [3.63, 3.8) is 0 Å². The Balaban J connectivity index is 1.32. The van der Waals surface area contributed by atoms with Gasteiger partial charge >= 0.3 is 0 Å². The molecule has 5 heteroatoms. The van der Waals surface area contributed by atoms with E-state index in [2.05, 4.69) is 57.7 Å². The van der Waals surface area contributed by atoms with E-state index in [-0.39, 0.29) is 11.7 Å². The highest BCUT2D eigenvalue weighted by atomic mass is 32.1. The topological polar surface area (TPSA) is 38.1 Å². The van der Waals surface area contributed by atoms with Crippen molar-refractivity contribution in [3.05, 3.63) is 76.5 Å². The minimum atomic E-state index is 0.0971. The first-order chi connectivity index (χ1) is 13.3. The standard InChI is InChI=1S/C22H25N3OS/c26-21(22-23-11-15-25(22)14-10-20-7-4-16-27-20)19-8-12-24(13-9-19)17-18-5-2-1-3-6-18/h1-7,11,15-16,19H,8-10,12-14,17H2. The predicted molar refractivity (Wildman–Crippen MR) is 109 cm³/mol. The summed E-state index contributed by atoms with van der Waals surface area (Å²) in [6, 6.07) is 14.8. The van der Waals surface area contributed by atoms with Crippen molar-refractivity contribution in [2.45, 2.75) is 32.4 Å². The molecule has 1 fully saturated rings. The van der Waals surface area contributed by atoms with Crippen LogP contribution in [0.15, 0.2) is 60.2 Å². The SMILES string of the molecule is O=C(c1nccn1CCc1cccs1)C1CCN(Cc2ccccc2)CC1. The van der Waals surface area contributed by atoms with Crippen molar-refractivity contribution in [2.75, 3.05) is 13.1 Å². The number of ketones is 1. The van der Waals surface area contributed by atoms with E-state index >= 15 is 0 Å². The van der Waals surface area contributed by atoms with E-state index in [1.807, 2.05) is 10.8 Å². The van der Waals surface area contributed by atoms with E-state index in [0.717, 1.165) is 45.4 Å². The van der Waals surface area contributed by atoms with Gasteiger partial charge in [-0.25, -0.2) is 4.98 Å². The lowest BCUT2D eigenvalue weighted by Crippen LogP contribution is -2.36. The van der Waals surface area contributed by atoms with E-state index in [9.17, 15) is 4.79 Å². The maximum Gasteiger partial charge on any atom is 0.201 e. The Labute approximate surface area is 164 Å². The van der Waals surface area contributed by atoms with Crippen molar-refractivity contribution in [3.8, 4) is 0 Å². The Hall–Kier alpha value is -2.24. The van der Waals surface area contributed by atoms with Gasteiger partial charge in [0.2, 0.25) is 5.78 Å². The fraction of sp³-hybridized carbons (Fsp3) is 0.364. The maximum absolute atomic E-state index is 13.0. The fourth-order valence-corrected chi connectivity index (χ4v) is 4.48. The number of rotatable bonds is 7. The van der Waals surface area contributed by atoms with E-state index in [4.69, 9.17) is 0 Å². The molecule has 4 rings (SSSR count). The van der Waals surface area contributed by atoms with Gasteiger partial charge in [-0.3, -0.25) is 9.69 Å². The number of imidazole rings is 1. The van der Waals surface area contributed by atoms with Gasteiger partial charge in [-0.15, -0.1) is 11.3 Å². The summed E-state index contributed by atoms with van der Waals surface area (Å²) < 4.78 is 2.03. The molecule has 1 aliphatic heterocycles. The van der Waals surface area contributed by atoms with E-state index in [1.54, 1.807) is 17.5 Å². The summed E-state index contributed by atoms with van der Waals surface area (Å²) in [5.41, 5.74) is 1.34. The molecular weight excluding hydrogens is 354 g/mol. The smallest absolute Gasteiger partial charge is 0.201 e. The summed E-state index contributed by atoms with van der Waals surface area (Å²) in [5, 5.41) is 2.10. The zero-order valence-electron chi connectivity index (χ0n) is 15.5. The normalized spacial score (nSPS) is 15.9. The summed E-state index contributed by atoms with van der Waals surface area (Å²) in [4.78, 5) is 21.2. The first-order valence-electron chi connectivity index (χ1n) is 9.63. The molecule has 0 radical (unpaired) electrons. The van der Waals surface area contributed by atoms with Gasteiger partial charge in [0.1, 0.15) is 0 Å². The van der Waals surface area contributed by atoms with Crippen LogP contribution in [0.4, 0.5) is 0 Å². The molecule has 0 spiro atoms. The van der Waals surface area contributed by atoms with Crippen LogP contribution in [0.3, 0.4) is 0 Å².